The number of imidazole rings is 1. The molecule has 0 bridgehead atoms. The van der Waals surface area contributed by atoms with Crippen LogP contribution < -0.4 is 5.43 Å². The fourth-order valence-electron chi connectivity index (χ4n) is 3.65. The van der Waals surface area contributed by atoms with Crippen LogP contribution in [0.15, 0.2) is 48.5 Å². The summed E-state index contributed by atoms with van der Waals surface area (Å²) in [6, 6.07) is 15.0. The summed E-state index contributed by atoms with van der Waals surface area (Å²) in [6.45, 7) is 3.62. The van der Waals surface area contributed by atoms with Crippen molar-refractivity contribution in [3.05, 3.63) is 70.0 Å². The number of benzene rings is 2. The van der Waals surface area contributed by atoms with Crippen LogP contribution in [0.3, 0.4) is 0 Å². The molecule has 0 radical (unpaired) electrons. The molecule has 1 aliphatic rings. The number of aromatic nitrogens is 2. The fourth-order valence-corrected chi connectivity index (χ4v) is 3.99. The highest BCUT2D eigenvalue weighted by atomic mass is 35.5. The fraction of sp³-hybridized carbons (Fsp3) is 0.273. The molecule has 0 atom stereocenters. The monoisotopic (exact) mass is 428 g/mol. The molecule has 3 aromatic rings. The number of rotatable bonds is 4. The van der Waals surface area contributed by atoms with Gasteiger partial charge in [-0.1, -0.05) is 41.8 Å². The molecular formula is C22H22Cl2N4O. The van der Waals surface area contributed by atoms with Gasteiger partial charge in [-0.05, 0) is 56.2 Å². The first-order valence-corrected chi connectivity index (χ1v) is 10.5. The summed E-state index contributed by atoms with van der Waals surface area (Å²) in [6.07, 6.45) is 3.37. The predicted molar refractivity (Wildman–Crippen MR) is 117 cm³/mol. The van der Waals surface area contributed by atoms with Gasteiger partial charge in [0.2, 0.25) is 0 Å². The van der Waals surface area contributed by atoms with Crippen LogP contribution in [-0.2, 0) is 0 Å². The number of hydrazine groups is 1. The Labute approximate surface area is 180 Å². The second kappa shape index (κ2) is 8.57. The Balaban J connectivity index is 1.79. The van der Waals surface area contributed by atoms with Crippen LogP contribution in [0.4, 0.5) is 0 Å². The molecule has 2 heterocycles. The highest BCUT2D eigenvalue weighted by Gasteiger charge is 2.24. The Bertz CT molecular complexity index is 1020. The van der Waals surface area contributed by atoms with Crippen molar-refractivity contribution in [1.82, 2.24) is 20.0 Å². The molecule has 29 heavy (non-hydrogen) atoms. The lowest BCUT2D eigenvalue weighted by Gasteiger charge is -2.26. The molecule has 150 valence electrons. The number of carbonyl (C=O) groups excluding carboxylic acids is 1. The molecule has 1 aliphatic heterocycles. The molecule has 7 heteroatoms. The lowest BCUT2D eigenvalue weighted by atomic mass is 10.2. The van der Waals surface area contributed by atoms with Crippen LogP contribution in [0.5, 0.6) is 0 Å². The van der Waals surface area contributed by atoms with Gasteiger partial charge in [-0.15, -0.1) is 0 Å². The number of nitrogens with zero attached hydrogens (tertiary/aromatic N) is 3. The van der Waals surface area contributed by atoms with E-state index in [9.17, 15) is 4.79 Å². The summed E-state index contributed by atoms with van der Waals surface area (Å²) < 4.78 is 1.95. The third-order valence-electron chi connectivity index (χ3n) is 5.14. The van der Waals surface area contributed by atoms with E-state index in [1.807, 2.05) is 65.0 Å². The highest BCUT2D eigenvalue weighted by Crippen LogP contribution is 2.31. The van der Waals surface area contributed by atoms with Crippen LogP contribution in [-0.4, -0.2) is 33.6 Å². The summed E-state index contributed by atoms with van der Waals surface area (Å²) in [5.74, 6) is 0.421. The lowest BCUT2D eigenvalue weighted by molar-refractivity contribution is 0.0744. The molecule has 1 N–H and O–H groups in total. The first kappa shape index (κ1) is 20.0. The van der Waals surface area contributed by atoms with E-state index < -0.39 is 0 Å². The molecule has 5 nitrogen and oxygen atoms in total. The lowest BCUT2D eigenvalue weighted by Crippen LogP contribution is -2.45. The van der Waals surface area contributed by atoms with Gasteiger partial charge in [0.05, 0.1) is 10.7 Å². The van der Waals surface area contributed by atoms with E-state index in [0.29, 0.717) is 21.6 Å². The van der Waals surface area contributed by atoms with Crippen LogP contribution in [0.25, 0.3) is 17.1 Å². The van der Waals surface area contributed by atoms with E-state index in [4.69, 9.17) is 28.2 Å². The number of amides is 1. The van der Waals surface area contributed by atoms with E-state index in [1.54, 1.807) is 0 Å². The SMILES string of the molecule is Cc1c(C(=O)NN2CCCCC2)nc(-c2ccccc2Cl)n1-c1ccc(Cl)cc1. The second-order valence-electron chi connectivity index (χ2n) is 7.15. The Hall–Kier alpha value is -2.34. The average molecular weight is 429 g/mol. The standard InChI is InChI=1S/C22H22Cl2N4O/c1-15-20(22(29)26-27-13-5-2-6-14-27)25-21(18-7-3-4-8-19(18)24)28(15)17-11-9-16(23)10-12-17/h3-4,7-12H,2,5-6,13-14H2,1H3,(H,26,29). The van der Waals surface area contributed by atoms with Gasteiger partial charge in [-0.3, -0.25) is 14.8 Å². The van der Waals surface area contributed by atoms with E-state index in [0.717, 1.165) is 42.9 Å². The minimum absolute atomic E-state index is 0.203. The highest BCUT2D eigenvalue weighted by molar-refractivity contribution is 6.33. The number of carbonyl (C=O) groups is 1. The van der Waals surface area contributed by atoms with Crippen LogP contribution in [0.2, 0.25) is 10.0 Å². The molecule has 0 saturated carbocycles. The summed E-state index contributed by atoms with van der Waals surface area (Å²) in [7, 11) is 0. The van der Waals surface area contributed by atoms with Gasteiger partial charge in [-0.25, -0.2) is 9.99 Å². The summed E-state index contributed by atoms with van der Waals surface area (Å²) in [5, 5.41) is 3.20. The minimum Gasteiger partial charge on any atom is -0.296 e. The predicted octanol–water partition coefficient (Wildman–Crippen LogP) is 5.29. The topological polar surface area (TPSA) is 50.2 Å². The molecule has 1 aromatic heterocycles. The van der Waals surface area contributed by atoms with Gasteiger partial charge in [0, 0.05) is 29.4 Å². The molecular weight excluding hydrogens is 407 g/mol. The van der Waals surface area contributed by atoms with Crippen molar-refractivity contribution in [3.63, 3.8) is 0 Å². The average Bonchev–Trinajstić information content (AvgIpc) is 3.07. The van der Waals surface area contributed by atoms with Crippen molar-refractivity contribution in [2.45, 2.75) is 26.2 Å². The van der Waals surface area contributed by atoms with E-state index in [-0.39, 0.29) is 5.91 Å². The zero-order chi connectivity index (χ0) is 20.4. The number of nitrogens with one attached hydrogen (secondary N) is 1. The van der Waals surface area contributed by atoms with Gasteiger partial charge in [0.25, 0.3) is 5.91 Å². The number of halogens is 2. The number of piperidine rings is 1. The summed E-state index contributed by atoms with van der Waals surface area (Å²) in [4.78, 5) is 17.7. The van der Waals surface area contributed by atoms with Gasteiger partial charge in [-0.2, -0.15) is 0 Å². The first-order chi connectivity index (χ1) is 14.0. The normalized spacial score (nSPS) is 14.7. The van der Waals surface area contributed by atoms with E-state index in [2.05, 4.69) is 5.43 Å². The van der Waals surface area contributed by atoms with Crippen molar-refractivity contribution in [2.24, 2.45) is 0 Å². The third-order valence-corrected chi connectivity index (χ3v) is 5.72. The number of hydrogen-bond acceptors (Lipinski definition) is 3. The molecule has 2 aromatic carbocycles. The quantitative estimate of drug-likeness (QED) is 0.614. The molecule has 1 fully saturated rings. The second-order valence-corrected chi connectivity index (χ2v) is 7.99. The Morgan fingerprint density at radius 2 is 1.69 bits per heavy atom. The zero-order valence-corrected chi connectivity index (χ0v) is 17.7. The maximum atomic E-state index is 13.0. The summed E-state index contributed by atoms with van der Waals surface area (Å²) >= 11 is 12.5. The van der Waals surface area contributed by atoms with Crippen LogP contribution >= 0.6 is 23.2 Å². The van der Waals surface area contributed by atoms with Crippen LogP contribution in [0.1, 0.15) is 35.4 Å². The maximum Gasteiger partial charge on any atom is 0.286 e. The van der Waals surface area contributed by atoms with Crippen molar-refractivity contribution in [2.75, 3.05) is 13.1 Å². The molecule has 1 saturated heterocycles. The van der Waals surface area contributed by atoms with Gasteiger partial charge < -0.3 is 0 Å². The van der Waals surface area contributed by atoms with E-state index in [1.165, 1.54) is 6.42 Å². The smallest absolute Gasteiger partial charge is 0.286 e. The molecule has 1 amide bonds. The van der Waals surface area contributed by atoms with E-state index >= 15 is 0 Å². The molecule has 0 unspecified atom stereocenters. The Morgan fingerprint density at radius 1 is 1.00 bits per heavy atom. The largest absolute Gasteiger partial charge is 0.296 e. The van der Waals surface area contributed by atoms with Gasteiger partial charge >= 0.3 is 0 Å². The van der Waals surface area contributed by atoms with Crippen molar-refractivity contribution >= 4 is 29.1 Å². The molecule has 0 spiro atoms. The van der Waals surface area contributed by atoms with Crippen molar-refractivity contribution in [3.8, 4) is 17.1 Å². The molecule has 4 rings (SSSR count). The Kier molecular flexibility index (Phi) is 5.90. The summed E-state index contributed by atoms with van der Waals surface area (Å²) in [5.41, 5.74) is 5.78. The molecule has 0 aliphatic carbocycles. The maximum absolute atomic E-state index is 13.0. The number of hydrogen-bond donors (Lipinski definition) is 1. The minimum atomic E-state index is -0.203. The van der Waals surface area contributed by atoms with Crippen molar-refractivity contribution < 1.29 is 4.79 Å². The zero-order valence-electron chi connectivity index (χ0n) is 16.2. The third kappa shape index (κ3) is 4.17. The van der Waals surface area contributed by atoms with Gasteiger partial charge in [0.1, 0.15) is 5.82 Å². The first-order valence-electron chi connectivity index (χ1n) is 9.70. The van der Waals surface area contributed by atoms with Gasteiger partial charge in [0.15, 0.2) is 5.69 Å². The van der Waals surface area contributed by atoms with Crippen molar-refractivity contribution in [1.29, 1.82) is 0 Å². The van der Waals surface area contributed by atoms with Crippen LogP contribution in [0, 0.1) is 6.92 Å². The Morgan fingerprint density at radius 3 is 2.38 bits per heavy atom.